The maximum atomic E-state index is 12.2. The molecule has 1 aliphatic heterocycles. The summed E-state index contributed by atoms with van der Waals surface area (Å²) in [5.74, 6) is -0.195. The summed E-state index contributed by atoms with van der Waals surface area (Å²) in [7, 11) is 0. The van der Waals surface area contributed by atoms with Gasteiger partial charge in [0.15, 0.2) is 23.9 Å². The average molecular weight is 381 g/mol. The number of Topliss-reactive ketones (excluding diaryl/α,β-unsaturated/α-hetero) is 1. The van der Waals surface area contributed by atoms with Crippen LogP contribution in [0.4, 0.5) is 0 Å². The third-order valence-corrected chi connectivity index (χ3v) is 4.07. The van der Waals surface area contributed by atoms with Gasteiger partial charge < -0.3 is 14.2 Å². The molecule has 0 aromatic heterocycles. The molecule has 2 aromatic carbocycles. The summed E-state index contributed by atoms with van der Waals surface area (Å²) in [6.07, 6.45) is 0.723. The molecule has 0 unspecified atom stereocenters. The zero-order valence-corrected chi connectivity index (χ0v) is 14.6. The second-order valence-electron chi connectivity index (χ2n) is 5.34. The van der Waals surface area contributed by atoms with Crippen molar-refractivity contribution < 1.29 is 23.8 Å². The third kappa shape index (κ3) is 4.24. The highest BCUT2D eigenvalue weighted by atomic mass is 35.5. The minimum atomic E-state index is -0.667. The Morgan fingerprint density at radius 3 is 2.48 bits per heavy atom. The number of ether oxygens (including phenoxy) is 3. The van der Waals surface area contributed by atoms with Crippen molar-refractivity contribution in [3.05, 3.63) is 57.6 Å². The summed E-state index contributed by atoms with van der Waals surface area (Å²) in [6.45, 7) is 0.579. The fourth-order valence-corrected chi connectivity index (χ4v) is 2.67. The summed E-state index contributed by atoms with van der Waals surface area (Å²) < 4.78 is 16.1. The first-order chi connectivity index (χ1) is 12.0. The molecule has 0 saturated heterocycles. The molecule has 7 heteroatoms. The van der Waals surface area contributed by atoms with E-state index in [0.29, 0.717) is 35.3 Å². The standard InChI is InChI=1S/C18H14Cl2O5/c19-13-4-2-11(3-5-13)15(21)10-25-18(22)12-8-14(20)17-16(9-12)23-6-1-7-24-17/h2-5,8-9H,1,6-7,10H2. The molecule has 0 atom stereocenters. The van der Waals surface area contributed by atoms with Gasteiger partial charge >= 0.3 is 5.97 Å². The van der Waals surface area contributed by atoms with Gasteiger partial charge in [0.05, 0.1) is 23.8 Å². The molecule has 0 N–H and O–H groups in total. The number of rotatable bonds is 4. The van der Waals surface area contributed by atoms with E-state index in [4.69, 9.17) is 37.4 Å². The van der Waals surface area contributed by atoms with E-state index >= 15 is 0 Å². The van der Waals surface area contributed by atoms with Crippen molar-refractivity contribution >= 4 is 35.0 Å². The average Bonchev–Trinajstić information content (AvgIpc) is 2.85. The molecular formula is C18H14Cl2O5. The van der Waals surface area contributed by atoms with E-state index in [9.17, 15) is 9.59 Å². The van der Waals surface area contributed by atoms with Gasteiger partial charge in [-0.05, 0) is 36.4 Å². The zero-order valence-electron chi connectivity index (χ0n) is 13.1. The van der Waals surface area contributed by atoms with Crippen molar-refractivity contribution in [2.45, 2.75) is 6.42 Å². The first kappa shape index (κ1) is 17.6. The lowest BCUT2D eigenvalue weighted by molar-refractivity contribution is 0.0474. The van der Waals surface area contributed by atoms with E-state index in [1.54, 1.807) is 24.3 Å². The largest absolute Gasteiger partial charge is 0.489 e. The molecule has 2 aromatic rings. The molecule has 1 aliphatic rings. The Hall–Kier alpha value is -2.24. The van der Waals surface area contributed by atoms with Crippen molar-refractivity contribution in [1.82, 2.24) is 0 Å². The SMILES string of the molecule is O=C(COC(=O)c1cc(Cl)c2c(c1)OCCCO2)c1ccc(Cl)cc1. The number of benzene rings is 2. The molecule has 25 heavy (non-hydrogen) atoms. The van der Waals surface area contributed by atoms with Gasteiger partial charge in [0.1, 0.15) is 0 Å². The number of hydrogen-bond acceptors (Lipinski definition) is 5. The van der Waals surface area contributed by atoms with Crippen LogP contribution < -0.4 is 9.47 Å². The van der Waals surface area contributed by atoms with Gasteiger partial charge in [-0.25, -0.2) is 4.79 Å². The normalized spacial score (nSPS) is 13.0. The van der Waals surface area contributed by atoms with Crippen LogP contribution in [0.2, 0.25) is 10.0 Å². The lowest BCUT2D eigenvalue weighted by atomic mass is 10.1. The summed E-state index contributed by atoms with van der Waals surface area (Å²) in [5.41, 5.74) is 0.604. The Morgan fingerprint density at radius 1 is 1.00 bits per heavy atom. The molecule has 0 bridgehead atoms. The van der Waals surface area contributed by atoms with E-state index < -0.39 is 5.97 Å². The Labute approximate surface area is 154 Å². The molecule has 5 nitrogen and oxygen atoms in total. The summed E-state index contributed by atoms with van der Waals surface area (Å²) in [5, 5.41) is 0.783. The van der Waals surface area contributed by atoms with Gasteiger partial charge in [0.25, 0.3) is 0 Å². The lowest BCUT2D eigenvalue weighted by Gasteiger charge is -2.11. The van der Waals surface area contributed by atoms with E-state index in [-0.39, 0.29) is 23.0 Å². The van der Waals surface area contributed by atoms with Crippen LogP contribution >= 0.6 is 23.2 Å². The molecule has 0 fully saturated rings. The molecule has 1 heterocycles. The second-order valence-corrected chi connectivity index (χ2v) is 6.19. The highest BCUT2D eigenvalue weighted by Gasteiger charge is 2.20. The number of carbonyl (C=O) groups is 2. The second kappa shape index (κ2) is 7.76. The van der Waals surface area contributed by atoms with Crippen LogP contribution in [0.15, 0.2) is 36.4 Å². The maximum Gasteiger partial charge on any atom is 0.338 e. The zero-order chi connectivity index (χ0) is 17.8. The minimum absolute atomic E-state index is 0.193. The first-order valence-electron chi connectivity index (χ1n) is 7.59. The fraction of sp³-hybridized carbons (Fsp3) is 0.222. The number of fused-ring (bicyclic) bond motifs is 1. The Balaban J connectivity index is 1.69. The van der Waals surface area contributed by atoms with Gasteiger partial charge in [-0.1, -0.05) is 23.2 Å². The topological polar surface area (TPSA) is 61.8 Å². The predicted molar refractivity (Wildman–Crippen MR) is 93.1 cm³/mol. The maximum absolute atomic E-state index is 12.2. The van der Waals surface area contributed by atoms with Gasteiger partial charge in [-0.15, -0.1) is 0 Å². The minimum Gasteiger partial charge on any atom is -0.489 e. The van der Waals surface area contributed by atoms with E-state index in [0.717, 1.165) is 6.42 Å². The van der Waals surface area contributed by atoms with Crippen LogP contribution in [0.5, 0.6) is 11.5 Å². The van der Waals surface area contributed by atoms with Gasteiger partial charge in [-0.2, -0.15) is 0 Å². The van der Waals surface area contributed by atoms with Crippen molar-refractivity contribution in [1.29, 1.82) is 0 Å². The van der Waals surface area contributed by atoms with Crippen LogP contribution in [0.25, 0.3) is 0 Å². The molecular weight excluding hydrogens is 367 g/mol. The molecule has 3 rings (SSSR count). The molecule has 0 aliphatic carbocycles. The number of hydrogen-bond donors (Lipinski definition) is 0. The van der Waals surface area contributed by atoms with Crippen LogP contribution in [-0.2, 0) is 4.74 Å². The summed E-state index contributed by atoms with van der Waals surface area (Å²) in [6, 6.07) is 9.28. The molecule has 0 radical (unpaired) electrons. The van der Waals surface area contributed by atoms with Gasteiger partial charge in [-0.3, -0.25) is 4.79 Å². The highest BCUT2D eigenvalue weighted by molar-refractivity contribution is 6.32. The summed E-state index contributed by atoms with van der Waals surface area (Å²) >= 11 is 11.9. The van der Waals surface area contributed by atoms with Gasteiger partial charge in [0.2, 0.25) is 0 Å². The van der Waals surface area contributed by atoms with E-state index in [1.165, 1.54) is 12.1 Å². The fourth-order valence-electron chi connectivity index (χ4n) is 2.28. The van der Waals surface area contributed by atoms with Crippen LogP contribution in [0.1, 0.15) is 27.1 Å². The van der Waals surface area contributed by atoms with E-state index in [2.05, 4.69) is 0 Å². The van der Waals surface area contributed by atoms with E-state index in [1.807, 2.05) is 0 Å². The molecule has 0 spiro atoms. The quantitative estimate of drug-likeness (QED) is 0.587. The van der Waals surface area contributed by atoms with Gasteiger partial charge in [0, 0.05) is 17.0 Å². The first-order valence-corrected chi connectivity index (χ1v) is 8.35. The molecule has 0 amide bonds. The van der Waals surface area contributed by atoms with Crippen LogP contribution in [0, 0.1) is 0 Å². The number of esters is 1. The van der Waals surface area contributed by atoms with Crippen molar-refractivity contribution in [2.24, 2.45) is 0 Å². The number of ketones is 1. The molecule has 0 saturated carbocycles. The Morgan fingerprint density at radius 2 is 1.72 bits per heavy atom. The van der Waals surface area contributed by atoms with Crippen LogP contribution in [-0.4, -0.2) is 31.6 Å². The monoisotopic (exact) mass is 380 g/mol. The van der Waals surface area contributed by atoms with Crippen molar-refractivity contribution in [3.63, 3.8) is 0 Å². The third-order valence-electron chi connectivity index (χ3n) is 3.54. The van der Waals surface area contributed by atoms with Crippen LogP contribution in [0.3, 0.4) is 0 Å². The Kier molecular flexibility index (Phi) is 5.46. The smallest absolute Gasteiger partial charge is 0.338 e. The predicted octanol–water partition coefficient (Wildman–Crippen LogP) is 4.19. The lowest BCUT2D eigenvalue weighted by Crippen LogP contribution is -2.14. The summed E-state index contributed by atoms with van der Waals surface area (Å²) in [4.78, 5) is 24.3. The highest BCUT2D eigenvalue weighted by Crippen LogP contribution is 2.38. The van der Waals surface area contributed by atoms with Crippen molar-refractivity contribution in [2.75, 3.05) is 19.8 Å². The Bertz CT molecular complexity index is 802. The number of carbonyl (C=O) groups excluding carboxylic acids is 2. The number of halogens is 2. The molecule has 130 valence electrons. The van der Waals surface area contributed by atoms with Crippen molar-refractivity contribution in [3.8, 4) is 11.5 Å².